The summed E-state index contributed by atoms with van der Waals surface area (Å²) >= 11 is 0. The Morgan fingerprint density at radius 2 is 0.631 bits per heavy atom. The van der Waals surface area contributed by atoms with Gasteiger partial charge in [-0.1, -0.05) is 302 Å². The average molecular weight is 921 g/mol. The number of aliphatic hydroxyl groups excluding tert-OH is 4. The lowest BCUT2D eigenvalue weighted by atomic mass is 10.00. The summed E-state index contributed by atoms with van der Waals surface area (Å²) in [7, 11) is 0. The van der Waals surface area contributed by atoms with E-state index in [-0.39, 0.29) is 0 Å². The highest BCUT2D eigenvalue weighted by atomic mass is 16.3. The van der Waals surface area contributed by atoms with Gasteiger partial charge in [0.2, 0.25) is 5.91 Å². The topological polar surface area (TPSA) is 110 Å². The number of unbranched alkanes of at least 4 members (excludes halogenated alkanes) is 44. The minimum Gasteiger partial charge on any atom is -0.394 e. The molecule has 6 heteroatoms. The van der Waals surface area contributed by atoms with Gasteiger partial charge in [-0.3, -0.25) is 4.79 Å². The molecule has 6 nitrogen and oxygen atoms in total. The molecular weight excluding hydrogens is 803 g/mol. The van der Waals surface area contributed by atoms with Crippen molar-refractivity contribution in [3.8, 4) is 0 Å². The molecule has 0 saturated carbocycles. The zero-order valence-corrected chi connectivity index (χ0v) is 44.0. The summed E-state index contributed by atoms with van der Waals surface area (Å²) in [6.07, 6.45) is 64.4. The Hall–Kier alpha value is -0.950. The highest BCUT2D eigenvalue weighted by molar-refractivity contribution is 5.80. The zero-order chi connectivity index (χ0) is 47.4. The van der Waals surface area contributed by atoms with Crippen LogP contribution in [0.5, 0.6) is 0 Å². The Bertz CT molecular complexity index is 944. The molecule has 0 bridgehead atoms. The zero-order valence-electron chi connectivity index (χ0n) is 44.0. The highest BCUT2D eigenvalue weighted by Gasteiger charge is 2.28. The molecule has 0 aliphatic rings. The minimum absolute atomic E-state index is 0.369. The molecule has 0 aliphatic heterocycles. The number of rotatable bonds is 55. The summed E-state index contributed by atoms with van der Waals surface area (Å²) < 4.78 is 0. The van der Waals surface area contributed by atoms with Crippen molar-refractivity contribution in [2.45, 2.75) is 353 Å². The molecule has 1 amide bonds. The molecule has 0 aromatic heterocycles. The Morgan fingerprint density at radius 3 is 0.923 bits per heavy atom. The van der Waals surface area contributed by atoms with Crippen molar-refractivity contribution in [2.24, 2.45) is 0 Å². The first-order valence-corrected chi connectivity index (χ1v) is 29.6. The summed E-state index contributed by atoms with van der Waals surface area (Å²) in [4.78, 5) is 12.6. The third-order valence-electron chi connectivity index (χ3n) is 14.2. The van der Waals surface area contributed by atoms with Crippen LogP contribution in [0.4, 0.5) is 0 Å². The second-order valence-electron chi connectivity index (χ2n) is 20.7. The molecule has 0 fully saturated rings. The van der Waals surface area contributed by atoms with Crippen molar-refractivity contribution in [1.29, 1.82) is 0 Å². The van der Waals surface area contributed by atoms with E-state index in [4.69, 9.17) is 0 Å². The number of carbonyl (C=O) groups excluding carboxylic acids is 1. The van der Waals surface area contributed by atoms with Crippen LogP contribution in [-0.2, 0) is 4.79 Å². The van der Waals surface area contributed by atoms with Gasteiger partial charge < -0.3 is 25.7 Å². The number of aliphatic hydroxyl groups is 4. The van der Waals surface area contributed by atoms with Crippen molar-refractivity contribution in [1.82, 2.24) is 5.32 Å². The molecule has 0 radical (unpaired) electrons. The third kappa shape index (κ3) is 47.9. The molecule has 0 rings (SSSR count). The Kier molecular flexibility index (Phi) is 53.2. The lowest BCUT2D eigenvalue weighted by Gasteiger charge is -2.27. The van der Waals surface area contributed by atoms with Gasteiger partial charge in [0.1, 0.15) is 12.2 Å². The van der Waals surface area contributed by atoms with E-state index in [0.717, 1.165) is 38.5 Å². The van der Waals surface area contributed by atoms with Crippen molar-refractivity contribution in [3.63, 3.8) is 0 Å². The van der Waals surface area contributed by atoms with Crippen LogP contribution in [0.25, 0.3) is 0 Å². The second-order valence-corrected chi connectivity index (χ2v) is 20.7. The molecule has 4 atom stereocenters. The van der Waals surface area contributed by atoms with Gasteiger partial charge in [-0.2, -0.15) is 0 Å². The molecule has 0 aliphatic carbocycles. The fraction of sp³-hybridized carbons (Fsp3) is 0.949. The van der Waals surface area contributed by atoms with Crippen LogP contribution in [-0.4, -0.2) is 57.3 Å². The first-order chi connectivity index (χ1) is 32.0. The van der Waals surface area contributed by atoms with E-state index in [2.05, 4.69) is 31.3 Å². The summed E-state index contributed by atoms with van der Waals surface area (Å²) in [5.74, 6) is -0.586. The summed E-state index contributed by atoms with van der Waals surface area (Å²) in [5.41, 5.74) is 0. The molecular formula is C59H117NO5. The van der Waals surface area contributed by atoms with E-state index in [1.807, 2.05) is 0 Å². The van der Waals surface area contributed by atoms with Crippen LogP contribution < -0.4 is 5.32 Å². The average Bonchev–Trinajstić information content (AvgIpc) is 3.31. The van der Waals surface area contributed by atoms with E-state index in [1.54, 1.807) is 0 Å². The summed E-state index contributed by atoms with van der Waals surface area (Å²) in [6, 6.07) is -0.999. The number of carbonyl (C=O) groups is 1. The van der Waals surface area contributed by atoms with Crippen LogP contribution in [0, 0.1) is 0 Å². The number of nitrogens with one attached hydrogen (secondary N) is 1. The molecule has 65 heavy (non-hydrogen) atoms. The smallest absolute Gasteiger partial charge is 0.249 e. The highest BCUT2D eigenvalue weighted by Crippen LogP contribution is 2.18. The normalized spacial score (nSPS) is 13.8. The summed E-state index contributed by atoms with van der Waals surface area (Å²) in [5, 5.41) is 44.0. The maximum atomic E-state index is 12.6. The molecule has 4 unspecified atom stereocenters. The standard InChI is InChI=1S/C59H117NO5/c1-3-5-7-9-11-13-15-17-19-21-23-25-27-29-31-32-34-36-38-40-42-44-46-48-50-52-56(62)58(64)55(54-61)60-59(65)57(63)53-51-49-47-45-43-41-39-37-35-33-30-28-26-24-22-20-18-16-14-12-10-8-6-4-2/h44,46,55-58,61-64H,3-43,45,47-54H2,1-2H3,(H,60,65)/b46-44+. The Balaban J connectivity index is 3.61. The Labute approximate surface area is 406 Å². The van der Waals surface area contributed by atoms with E-state index < -0.39 is 36.9 Å². The predicted octanol–water partition coefficient (Wildman–Crippen LogP) is 17.3. The third-order valence-corrected chi connectivity index (χ3v) is 14.2. The number of hydrogen-bond donors (Lipinski definition) is 5. The molecule has 388 valence electrons. The van der Waals surface area contributed by atoms with Crippen LogP contribution in [0.3, 0.4) is 0 Å². The van der Waals surface area contributed by atoms with Crippen molar-refractivity contribution in [2.75, 3.05) is 6.61 Å². The van der Waals surface area contributed by atoms with Crippen LogP contribution >= 0.6 is 0 Å². The minimum atomic E-state index is -1.28. The number of allylic oxidation sites excluding steroid dienone is 2. The Morgan fingerprint density at radius 1 is 0.369 bits per heavy atom. The van der Waals surface area contributed by atoms with Crippen LogP contribution in [0.15, 0.2) is 12.2 Å². The second kappa shape index (κ2) is 54.0. The fourth-order valence-electron chi connectivity index (χ4n) is 9.59. The van der Waals surface area contributed by atoms with Crippen molar-refractivity contribution < 1.29 is 25.2 Å². The monoisotopic (exact) mass is 920 g/mol. The largest absolute Gasteiger partial charge is 0.394 e. The molecule has 0 heterocycles. The van der Waals surface area contributed by atoms with Gasteiger partial charge in [-0.05, 0) is 38.5 Å². The fourth-order valence-corrected chi connectivity index (χ4v) is 9.59. The van der Waals surface area contributed by atoms with Gasteiger partial charge in [0, 0.05) is 0 Å². The van der Waals surface area contributed by atoms with E-state index in [1.165, 1.54) is 263 Å². The lowest BCUT2D eigenvalue weighted by molar-refractivity contribution is -0.132. The number of hydrogen-bond acceptors (Lipinski definition) is 5. The molecule has 0 saturated heterocycles. The van der Waals surface area contributed by atoms with Gasteiger partial charge >= 0.3 is 0 Å². The maximum absolute atomic E-state index is 12.6. The van der Waals surface area contributed by atoms with Crippen LogP contribution in [0.2, 0.25) is 0 Å². The molecule has 5 N–H and O–H groups in total. The molecule has 0 aromatic carbocycles. The van der Waals surface area contributed by atoms with E-state index >= 15 is 0 Å². The number of amides is 1. The summed E-state index contributed by atoms with van der Waals surface area (Å²) in [6.45, 7) is 4.09. The van der Waals surface area contributed by atoms with Crippen molar-refractivity contribution >= 4 is 5.91 Å². The first-order valence-electron chi connectivity index (χ1n) is 29.6. The quantitative estimate of drug-likeness (QED) is 0.0308. The van der Waals surface area contributed by atoms with Crippen LogP contribution in [0.1, 0.15) is 328 Å². The molecule has 0 spiro atoms. The lowest BCUT2D eigenvalue weighted by Crippen LogP contribution is -2.53. The van der Waals surface area contributed by atoms with E-state index in [9.17, 15) is 25.2 Å². The van der Waals surface area contributed by atoms with Gasteiger partial charge in [-0.15, -0.1) is 0 Å². The van der Waals surface area contributed by atoms with E-state index in [0.29, 0.717) is 12.8 Å². The van der Waals surface area contributed by atoms with Crippen molar-refractivity contribution in [3.05, 3.63) is 12.2 Å². The molecule has 0 aromatic rings. The predicted molar refractivity (Wildman–Crippen MR) is 284 cm³/mol. The maximum Gasteiger partial charge on any atom is 0.249 e. The first kappa shape index (κ1) is 64.0. The van der Waals surface area contributed by atoms with Gasteiger partial charge in [0.25, 0.3) is 0 Å². The van der Waals surface area contributed by atoms with Gasteiger partial charge in [0.15, 0.2) is 0 Å². The SMILES string of the molecule is CCCCCCCCCCCCCCCCCCCCCC/C=C/CCCC(O)C(O)C(CO)NC(=O)C(O)CCCCCCCCCCCCCCCCCCCCCCCCCC. The van der Waals surface area contributed by atoms with Gasteiger partial charge in [-0.25, -0.2) is 0 Å². The van der Waals surface area contributed by atoms with Gasteiger partial charge in [0.05, 0.1) is 18.8 Å².